The fourth-order valence-corrected chi connectivity index (χ4v) is 3.82. The van der Waals surface area contributed by atoms with E-state index in [9.17, 15) is 18.4 Å². The average Bonchev–Trinajstić information content (AvgIpc) is 2.70. The summed E-state index contributed by atoms with van der Waals surface area (Å²) in [4.78, 5) is 25.1. The number of rotatable bonds is 5. The molecule has 0 heterocycles. The van der Waals surface area contributed by atoms with Crippen molar-refractivity contribution in [3.63, 3.8) is 0 Å². The minimum atomic E-state index is -1.09. The van der Waals surface area contributed by atoms with Gasteiger partial charge in [-0.1, -0.05) is 18.9 Å². The van der Waals surface area contributed by atoms with Crippen molar-refractivity contribution in [3.05, 3.63) is 41.5 Å². The van der Waals surface area contributed by atoms with Crippen molar-refractivity contribution in [2.24, 2.45) is 0 Å². The molecule has 0 radical (unpaired) electrons. The Bertz CT molecular complexity index is 732. The fourth-order valence-electron chi connectivity index (χ4n) is 3.82. The highest BCUT2D eigenvalue weighted by atomic mass is 19.2. The Morgan fingerprint density at radius 1 is 0.821 bits per heavy atom. The van der Waals surface area contributed by atoms with Crippen molar-refractivity contribution in [1.29, 1.82) is 0 Å². The van der Waals surface area contributed by atoms with Crippen molar-refractivity contribution < 1.29 is 27.8 Å². The molecule has 0 saturated heterocycles. The first-order valence-corrected chi connectivity index (χ1v) is 10.1. The van der Waals surface area contributed by atoms with Crippen molar-refractivity contribution in [2.75, 3.05) is 0 Å². The van der Waals surface area contributed by atoms with Crippen LogP contribution in [0.5, 0.6) is 0 Å². The SMILES string of the molecule is O=C(/C=C(\C(=O)OC1CCCCC1)c1ccc(F)c(F)c1)OC1CCCCC1. The molecule has 1 aromatic rings. The van der Waals surface area contributed by atoms with E-state index in [1.807, 2.05) is 0 Å². The maximum absolute atomic E-state index is 13.7. The van der Waals surface area contributed by atoms with Crippen LogP contribution in [0.3, 0.4) is 0 Å². The molecule has 0 unspecified atom stereocenters. The van der Waals surface area contributed by atoms with Gasteiger partial charge in [0.15, 0.2) is 11.6 Å². The lowest BCUT2D eigenvalue weighted by Crippen LogP contribution is -2.23. The molecule has 2 fully saturated rings. The van der Waals surface area contributed by atoms with Crippen LogP contribution in [0, 0.1) is 11.6 Å². The highest BCUT2D eigenvalue weighted by Crippen LogP contribution is 2.26. The summed E-state index contributed by atoms with van der Waals surface area (Å²) >= 11 is 0. The molecule has 0 amide bonds. The summed E-state index contributed by atoms with van der Waals surface area (Å²) in [5.41, 5.74) is -0.00872. The summed E-state index contributed by atoms with van der Waals surface area (Å²) in [7, 11) is 0. The molecule has 2 saturated carbocycles. The number of benzene rings is 1. The first-order valence-electron chi connectivity index (χ1n) is 10.1. The van der Waals surface area contributed by atoms with Gasteiger partial charge in [0, 0.05) is 6.08 Å². The molecular formula is C22H26F2O4. The third kappa shape index (κ3) is 5.63. The number of ether oxygens (including phenoxy) is 2. The molecule has 0 aromatic heterocycles. The summed E-state index contributed by atoms with van der Waals surface area (Å²) in [5.74, 6) is -3.48. The van der Waals surface area contributed by atoms with E-state index in [0.717, 1.165) is 82.4 Å². The Labute approximate surface area is 163 Å². The van der Waals surface area contributed by atoms with Crippen LogP contribution in [0.4, 0.5) is 8.78 Å². The van der Waals surface area contributed by atoms with Gasteiger partial charge in [0.05, 0.1) is 5.57 Å². The lowest BCUT2D eigenvalue weighted by Gasteiger charge is -2.23. The van der Waals surface area contributed by atoms with Gasteiger partial charge in [-0.15, -0.1) is 0 Å². The number of esters is 2. The second-order valence-electron chi connectivity index (χ2n) is 7.55. The molecule has 152 valence electrons. The van der Waals surface area contributed by atoms with Crippen molar-refractivity contribution in [3.8, 4) is 0 Å². The number of hydrogen-bond acceptors (Lipinski definition) is 4. The molecule has 0 N–H and O–H groups in total. The number of carbonyl (C=O) groups excluding carboxylic acids is 2. The van der Waals surface area contributed by atoms with Gasteiger partial charge in [-0.3, -0.25) is 0 Å². The van der Waals surface area contributed by atoms with Gasteiger partial charge in [-0.25, -0.2) is 18.4 Å². The van der Waals surface area contributed by atoms with Crippen LogP contribution in [-0.4, -0.2) is 24.1 Å². The number of halogens is 2. The molecule has 3 rings (SSSR count). The Kier molecular flexibility index (Phi) is 7.18. The molecule has 6 heteroatoms. The molecule has 4 nitrogen and oxygen atoms in total. The lowest BCUT2D eigenvalue weighted by atomic mass is 9.97. The summed E-state index contributed by atoms with van der Waals surface area (Å²) < 4.78 is 38.0. The molecular weight excluding hydrogens is 366 g/mol. The van der Waals surface area contributed by atoms with Crippen molar-refractivity contribution in [2.45, 2.75) is 76.4 Å². The van der Waals surface area contributed by atoms with E-state index >= 15 is 0 Å². The van der Waals surface area contributed by atoms with Crippen LogP contribution < -0.4 is 0 Å². The van der Waals surface area contributed by atoms with E-state index in [4.69, 9.17) is 9.47 Å². The molecule has 0 atom stereocenters. The zero-order chi connectivity index (χ0) is 19.9. The van der Waals surface area contributed by atoms with Gasteiger partial charge >= 0.3 is 11.9 Å². The van der Waals surface area contributed by atoms with Gasteiger partial charge < -0.3 is 9.47 Å². The standard InChI is InChI=1S/C22H26F2O4/c23-19-12-11-15(13-20(19)24)18(22(26)28-17-9-5-2-6-10-17)14-21(25)27-16-7-3-1-4-8-16/h11-14,16-17H,1-10H2/b18-14-. The quantitative estimate of drug-likeness (QED) is 0.517. The van der Waals surface area contributed by atoms with E-state index in [1.54, 1.807) is 0 Å². The van der Waals surface area contributed by atoms with Crippen LogP contribution in [0.15, 0.2) is 24.3 Å². The van der Waals surface area contributed by atoms with E-state index < -0.39 is 23.6 Å². The third-order valence-corrected chi connectivity index (χ3v) is 5.37. The summed E-state index contributed by atoms with van der Waals surface area (Å²) in [6.45, 7) is 0. The highest BCUT2D eigenvalue weighted by molar-refractivity contribution is 6.20. The van der Waals surface area contributed by atoms with Crippen LogP contribution in [0.2, 0.25) is 0 Å². The Hall–Kier alpha value is -2.24. The first-order chi connectivity index (χ1) is 13.5. The molecule has 1 aromatic carbocycles. The fraction of sp³-hybridized carbons (Fsp3) is 0.545. The largest absolute Gasteiger partial charge is 0.459 e. The van der Waals surface area contributed by atoms with E-state index in [2.05, 4.69) is 0 Å². The van der Waals surface area contributed by atoms with E-state index in [1.165, 1.54) is 6.07 Å². The van der Waals surface area contributed by atoms with Crippen LogP contribution in [-0.2, 0) is 19.1 Å². The normalized spacial score (nSPS) is 19.3. The molecule has 0 bridgehead atoms. The second-order valence-corrected chi connectivity index (χ2v) is 7.55. The first kappa shape index (κ1) is 20.5. The van der Waals surface area contributed by atoms with Crippen molar-refractivity contribution in [1.82, 2.24) is 0 Å². The number of carbonyl (C=O) groups is 2. The van der Waals surface area contributed by atoms with Gasteiger partial charge in [0.1, 0.15) is 12.2 Å². The maximum Gasteiger partial charge on any atom is 0.339 e. The topological polar surface area (TPSA) is 52.6 Å². The summed E-state index contributed by atoms with van der Waals surface area (Å²) in [6.07, 6.45) is 9.98. The summed E-state index contributed by atoms with van der Waals surface area (Å²) in [5, 5.41) is 0. The van der Waals surface area contributed by atoms with E-state index in [0.29, 0.717) is 0 Å². The van der Waals surface area contributed by atoms with Crippen LogP contribution in [0.25, 0.3) is 5.57 Å². The minimum Gasteiger partial charge on any atom is -0.459 e. The highest BCUT2D eigenvalue weighted by Gasteiger charge is 2.24. The maximum atomic E-state index is 13.7. The smallest absolute Gasteiger partial charge is 0.339 e. The Morgan fingerprint density at radius 3 is 1.96 bits per heavy atom. The number of hydrogen-bond donors (Lipinski definition) is 0. The lowest BCUT2D eigenvalue weighted by molar-refractivity contribution is -0.146. The average molecular weight is 392 g/mol. The minimum absolute atomic E-state index is 0.0975. The predicted octanol–water partition coefficient (Wildman–Crippen LogP) is 5.10. The summed E-state index contributed by atoms with van der Waals surface area (Å²) in [6, 6.07) is 3.09. The molecule has 0 spiro atoms. The van der Waals surface area contributed by atoms with E-state index in [-0.39, 0.29) is 23.3 Å². The Morgan fingerprint density at radius 2 is 1.39 bits per heavy atom. The van der Waals surface area contributed by atoms with Gasteiger partial charge in [0.2, 0.25) is 0 Å². The third-order valence-electron chi connectivity index (χ3n) is 5.37. The molecule has 2 aliphatic rings. The van der Waals surface area contributed by atoms with Gasteiger partial charge in [0.25, 0.3) is 0 Å². The van der Waals surface area contributed by atoms with Crippen LogP contribution in [0.1, 0.15) is 69.8 Å². The van der Waals surface area contributed by atoms with Crippen LogP contribution >= 0.6 is 0 Å². The Balaban J connectivity index is 1.78. The van der Waals surface area contributed by atoms with Crippen molar-refractivity contribution >= 4 is 17.5 Å². The second kappa shape index (κ2) is 9.80. The van der Waals surface area contributed by atoms with Gasteiger partial charge in [-0.05, 0) is 69.1 Å². The van der Waals surface area contributed by atoms with Gasteiger partial charge in [-0.2, -0.15) is 0 Å². The predicted molar refractivity (Wildman–Crippen MR) is 100 cm³/mol. The molecule has 0 aliphatic heterocycles. The zero-order valence-electron chi connectivity index (χ0n) is 15.9. The molecule has 28 heavy (non-hydrogen) atoms. The molecule has 2 aliphatic carbocycles. The zero-order valence-corrected chi connectivity index (χ0v) is 15.9. The monoisotopic (exact) mass is 392 g/mol.